The van der Waals surface area contributed by atoms with Crippen LogP contribution in [-0.2, 0) is 9.53 Å². The summed E-state index contributed by atoms with van der Waals surface area (Å²) in [6.45, 7) is 0. The molecule has 7 heteroatoms. The number of carbonyl (C=O) groups excluding carboxylic acids is 1. The normalized spacial score (nSPS) is 10.3. The molecule has 0 N–H and O–H groups in total. The molecule has 0 spiro atoms. The van der Waals surface area contributed by atoms with Crippen molar-refractivity contribution in [1.82, 2.24) is 0 Å². The fourth-order valence-electron chi connectivity index (χ4n) is 0.978. The van der Waals surface area contributed by atoms with E-state index in [1.165, 1.54) is 12.1 Å². The van der Waals surface area contributed by atoms with Gasteiger partial charge in [0, 0.05) is 10.4 Å². The summed E-state index contributed by atoms with van der Waals surface area (Å²) in [6, 6.07) is 3.88. The van der Waals surface area contributed by atoms with E-state index in [-0.39, 0.29) is 5.56 Å². The molecule has 1 aromatic rings. The largest absolute Gasteiger partial charge is 0.573 e. The lowest BCUT2D eigenvalue weighted by Crippen LogP contribution is -2.17. The van der Waals surface area contributed by atoms with Crippen LogP contribution < -0.4 is 4.74 Å². The quantitative estimate of drug-likeness (QED) is 0.589. The number of esters is 1. The zero-order valence-corrected chi connectivity index (χ0v) is 10.6. The van der Waals surface area contributed by atoms with Gasteiger partial charge in [0.05, 0.1) is 12.7 Å². The number of halogens is 4. The Balaban J connectivity index is 3.10. The zero-order valence-electron chi connectivity index (χ0n) is 8.97. The fourth-order valence-corrected chi connectivity index (χ4v) is 1.32. The predicted molar refractivity (Wildman–Crippen MR) is 59.7 cm³/mol. The number of hydrogen-bond acceptors (Lipinski definition) is 3. The SMILES string of the molecule is COC(=O)C#Cc1ccc(Br)cc1OC(F)(F)F. The minimum atomic E-state index is -4.83. The Morgan fingerprint density at radius 1 is 1.39 bits per heavy atom. The summed E-state index contributed by atoms with van der Waals surface area (Å²) >= 11 is 3.01. The van der Waals surface area contributed by atoms with Crippen LogP contribution >= 0.6 is 15.9 Å². The van der Waals surface area contributed by atoms with Crippen molar-refractivity contribution in [2.24, 2.45) is 0 Å². The van der Waals surface area contributed by atoms with E-state index < -0.39 is 18.1 Å². The molecule has 0 fully saturated rings. The van der Waals surface area contributed by atoms with Crippen LogP contribution in [0.4, 0.5) is 13.2 Å². The van der Waals surface area contributed by atoms with Crippen molar-refractivity contribution in [2.45, 2.75) is 6.36 Å². The van der Waals surface area contributed by atoms with Crippen molar-refractivity contribution in [2.75, 3.05) is 7.11 Å². The first-order valence-corrected chi connectivity index (χ1v) is 5.26. The van der Waals surface area contributed by atoms with E-state index in [4.69, 9.17) is 0 Å². The van der Waals surface area contributed by atoms with Crippen LogP contribution in [0.15, 0.2) is 22.7 Å². The van der Waals surface area contributed by atoms with E-state index in [1.807, 2.05) is 5.92 Å². The van der Waals surface area contributed by atoms with Gasteiger partial charge in [-0.3, -0.25) is 0 Å². The Kier molecular flexibility index (Phi) is 4.62. The van der Waals surface area contributed by atoms with E-state index in [1.54, 1.807) is 0 Å². The Hall–Kier alpha value is -1.68. The molecule has 0 bridgehead atoms. The Labute approximate surface area is 109 Å². The maximum atomic E-state index is 12.1. The molecule has 0 atom stereocenters. The summed E-state index contributed by atoms with van der Waals surface area (Å²) in [5.41, 5.74) is -0.0686. The summed E-state index contributed by atoms with van der Waals surface area (Å²) in [6.07, 6.45) is -4.83. The third-order valence-corrected chi connectivity index (χ3v) is 2.15. The summed E-state index contributed by atoms with van der Waals surface area (Å²) in [5.74, 6) is 2.92. The topological polar surface area (TPSA) is 35.5 Å². The molecule has 0 aliphatic heterocycles. The van der Waals surface area contributed by atoms with Gasteiger partial charge in [-0.2, -0.15) is 0 Å². The predicted octanol–water partition coefficient (Wildman–Crippen LogP) is 2.87. The van der Waals surface area contributed by atoms with Gasteiger partial charge in [0.25, 0.3) is 0 Å². The van der Waals surface area contributed by atoms with Crippen LogP contribution in [0, 0.1) is 11.8 Å². The van der Waals surface area contributed by atoms with Crippen molar-refractivity contribution >= 4 is 21.9 Å². The smallest absolute Gasteiger partial charge is 0.459 e. The van der Waals surface area contributed by atoms with Crippen molar-refractivity contribution in [3.63, 3.8) is 0 Å². The maximum absolute atomic E-state index is 12.1. The summed E-state index contributed by atoms with van der Waals surface area (Å²) < 4.78 is 44.9. The monoisotopic (exact) mass is 322 g/mol. The fraction of sp³-hybridized carbons (Fsp3) is 0.182. The molecule has 0 aliphatic rings. The van der Waals surface area contributed by atoms with E-state index in [0.29, 0.717) is 4.47 Å². The van der Waals surface area contributed by atoms with Gasteiger partial charge in [-0.25, -0.2) is 4.79 Å². The van der Waals surface area contributed by atoms with E-state index >= 15 is 0 Å². The highest BCUT2D eigenvalue weighted by Gasteiger charge is 2.32. The second kappa shape index (κ2) is 5.78. The molecule has 0 heterocycles. The van der Waals surface area contributed by atoms with Gasteiger partial charge in [-0.1, -0.05) is 21.9 Å². The van der Waals surface area contributed by atoms with Crippen LogP contribution in [0.2, 0.25) is 0 Å². The summed E-state index contributed by atoms with van der Waals surface area (Å²) in [4.78, 5) is 10.8. The van der Waals surface area contributed by atoms with Crippen LogP contribution in [0.25, 0.3) is 0 Å². The van der Waals surface area contributed by atoms with E-state index in [0.717, 1.165) is 13.2 Å². The molecular weight excluding hydrogens is 317 g/mol. The third kappa shape index (κ3) is 4.67. The first-order valence-electron chi connectivity index (χ1n) is 4.47. The number of hydrogen-bond donors (Lipinski definition) is 0. The highest BCUT2D eigenvalue weighted by atomic mass is 79.9. The standard InChI is InChI=1S/C11H6BrF3O3/c1-17-10(16)5-3-7-2-4-8(12)6-9(7)18-11(13,14)15/h2,4,6H,1H3. The van der Waals surface area contributed by atoms with Crippen LogP contribution in [0.5, 0.6) is 5.75 Å². The molecule has 0 saturated carbocycles. The Morgan fingerprint density at radius 2 is 2.06 bits per heavy atom. The molecule has 0 unspecified atom stereocenters. The molecule has 3 nitrogen and oxygen atoms in total. The van der Waals surface area contributed by atoms with Gasteiger partial charge in [0.1, 0.15) is 5.75 Å². The third-order valence-electron chi connectivity index (χ3n) is 1.65. The van der Waals surface area contributed by atoms with E-state index in [9.17, 15) is 18.0 Å². The molecule has 0 amide bonds. The Morgan fingerprint density at radius 3 is 2.61 bits per heavy atom. The van der Waals surface area contributed by atoms with Crippen molar-refractivity contribution in [3.05, 3.63) is 28.2 Å². The highest BCUT2D eigenvalue weighted by molar-refractivity contribution is 9.10. The zero-order chi connectivity index (χ0) is 13.8. The number of rotatable bonds is 1. The molecule has 1 rings (SSSR count). The summed E-state index contributed by atoms with van der Waals surface area (Å²) in [7, 11) is 1.12. The van der Waals surface area contributed by atoms with Crippen molar-refractivity contribution < 1.29 is 27.4 Å². The molecule has 0 aliphatic carbocycles. The maximum Gasteiger partial charge on any atom is 0.573 e. The lowest BCUT2D eigenvalue weighted by Gasteiger charge is -2.10. The van der Waals surface area contributed by atoms with Crippen molar-refractivity contribution in [3.8, 4) is 17.6 Å². The second-order valence-electron chi connectivity index (χ2n) is 2.93. The van der Waals surface area contributed by atoms with E-state index in [2.05, 4.69) is 31.3 Å². The molecule has 0 radical (unpaired) electrons. The average molecular weight is 323 g/mol. The van der Waals surface area contributed by atoms with Gasteiger partial charge in [-0.15, -0.1) is 13.2 Å². The average Bonchev–Trinajstić information content (AvgIpc) is 2.25. The minimum Gasteiger partial charge on any atom is -0.459 e. The van der Waals surface area contributed by atoms with Crippen LogP contribution in [0.1, 0.15) is 5.56 Å². The molecule has 96 valence electrons. The van der Waals surface area contributed by atoms with Gasteiger partial charge < -0.3 is 9.47 Å². The van der Waals surface area contributed by atoms with Gasteiger partial charge in [0.2, 0.25) is 0 Å². The summed E-state index contributed by atoms with van der Waals surface area (Å²) in [5, 5.41) is 0. The highest BCUT2D eigenvalue weighted by Crippen LogP contribution is 2.28. The molecule has 1 aromatic carbocycles. The van der Waals surface area contributed by atoms with Crippen LogP contribution in [0.3, 0.4) is 0 Å². The number of ether oxygens (including phenoxy) is 2. The Bertz CT molecular complexity index is 514. The molecule has 18 heavy (non-hydrogen) atoms. The van der Waals surface area contributed by atoms with Crippen LogP contribution in [-0.4, -0.2) is 19.4 Å². The number of methoxy groups -OCH3 is 1. The first kappa shape index (κ1) is 14.4. The molecular formula is C11H6BrF3O3. The van der Waals surface area contributed by atoms with Gasteiger partial charge >= 0.3 is 12.3 Å². The number of carbonyl (C=O) groups is 1. The van der Waals surface area contributed by atoms with Gasteiger partial charge in [0.15, 0.2) is 0 Å². The minimum absolute atomic E-state index is 0.0686. The van der Waals surface area contributed by atoms with Crippen molar-refractivity contribution in [1.29, 1.82) is 0 Å². The molecule has 0 aromatic heterocycles. The number of alkyl halides is 3. The lowest BCUT2D eigenvalue weighted by atomic mass is 10.2. The first-order chi connectivity index (χ1) is 8.31. The molecule has 0 saturated heterocycles. The second-order valence-corrected chi connectivity index (χ2v) is 3.85. The van der Waals surface area contributed by atoms with Gasteiger partial charge in [-0.05, 0) is 18.2 Å². The lowest BCUT2D eigenvalue weighted by molar-refractivity contribution is -0.274. The number of benzene rings is 1.